The number of ether oxygens (including phenoxy) is 1. The molecule has 3 aromatic rings. The molecule has 0 saturated carbocycles. The molecule has 1 aromatic heterocycles. The molecular weight excluding hydrogens is 481 g/mol. The van der Waals surface area contributed by atoms with E-state index in [1.807, 2.05) is 0 Å². The smallest absolute Gasteiger partial charge is 0.416 e. The van der Waals surface area contributed by atoms with E-state index in [0.29, 0.717) is 15.8 Å². The number of carboxylic acid groups (broad SMARTS) is 1. The van der Waals surface area contributed by atoms with Crippen molar-refractivity contribution < 1.29 is 32.3 Å². The summed E-state index contributed by atoms with van der Waals surface area (Å²) in [6, 6.07) is 9.30. The van der Waals surface area contributed by atoms with Gasteiger partial charge in [0.1, 0.15) is 5.75 Å². The first-order valence-corrected chi connectivity index (χ1v) is 9.61. The Morgan fingerprint density at radius 3 is 2.52 bits per heavy atom. The lowest BCUT2D eigenvalue weighted by molar-refractivity contribution is -0.137. The maximum absolute atomic E-state index is 13.3. The van der Waals surface area contributed by atoms with Gasteiger partial charge in [-0.2, -0.15) is 13.2 Å². The summed E-state index contributed by atoms with van der Waals surface area (Å²) in [5, 5.41) is 15.6. The molecule has 0 aliphatic carbocycles. The van der Waals surface area contributed by atoms with Crippen LogP contribution in [0, 0.1) is 13.8 Å². The summed E-state index contributed by atoms with van der Waals surface area (Å²) in [6.07, 6.45) is -6.11. The molecule has 1 amide bonds. The quantitative estimate of drug-likeness (QED) is 0.466. The lowest BCUT2D eigenvalue weighted by atomic mass is 9.81. The predicted molar refractivity (Wildman–Crippen MR) is 110 cm³/mol. The SMILES string of the molecule is [CH2]C(NC(=O)O)(c1cccc(C(F)(F)F)c1)c1c(C)noc1-c1ccc(Br)cc1OC. The van der Waals surface area contributed by atoms with E-state index < -0.39 is 23.4 Å². The van der Waals surface area contributed by atoms with Crippen LogP contribution in [-0.4, -0.2) is 23.5 Å². The second kappa shape index (κ2) is 8.26. The van der Waals surface area contributed by atoms with Gasteiger partial charge in [0.15, 0.2) is 5.76 Å². The van der Waals surface area contributed by atoms with Crippen LogP contribution in [0.3, 0.4) is 0 Å². The Kier molecular flexibility index (Phi) is 6.04. The van der Waals surface area contributed by atoms with Crippen LogP contribution in [0.25, 0.3) is 11.3 Å². The van der Waals surface area contributed by atoms with Crippen LogP contribution in [0.1, 0.15) is 22.4 Å². The standard InChI is InChI=1S/C21H17BrF3N2O4/c1-11-17(18(31-27-11)15-8-7-14(22)10-16(15)30-3)20(2,26-19(28)29)12-5-4-6-13(9-12)21(23,24)25/h4-10,26H,2H2,1,3H3,(H,28,29). The Morgan fingerprint density at radius 1 is 1.23 bits per heavy atom. The first-order valence-electron chi connectivity index (χ1n) is 8.82. The highest BCUT2D eigenvalue weighted by Gasteiger charge is 2.40. The van der Waals surface area contributed by atoms with Crippen molar-refractivity contribution in [2.24, 2.45) is 0 Å². The number of benzene rings is 2. The summed E-state index contributed by atoms with van der Waals surface area (Å²) in [5.74, 6) is 0.497. The molecule has 1 heterocycles. The van der Waals surface area contributed by atoms with E-state index in [9.17, 15) is 23.1 Å². The van der Waals surface area contributed by atoms with Gasteiger partial charge in [-0.15, -0.1) is 0 Å². The summed E-state index contributed by atoms with van der Waals surface area (Å²) in [5.41, 5.74) is -2.00. The largest absolute Gasteiger partial charge is 0.496 e. The minimum absolute atomic E-state index is 0.0339. The van der Waals surface area contributed by atoms with Gasteiger partial charge in [0.25, 0.3) is 0 Å². The molecule has 1 radical (unpaired) electrons. The van der Waals surface area contributed by atoms with E-state index in [0.717, 1.165) is 12.1 Å². The van der Waals surface area contributed by atoms with Crippen molar-refractivity contribution in [1.29, 1.82) is 0 Å². The molecule has 1 atom stereocenters. The Labute approximate surface area is 184 Å². The molecule has 2 aromatic carbocycles. The number of aromatic nitrogens is 1. The van der Waals surface area contributed by atoms with E-state index in [1.54, 1.807) is 25.1 Å². The second-order valence-electron chi connectivity index (χ2n) is 6.73. The Balaban J connectivity index is 2.29. The predicted octanol–water partition coefficient (Wildman–Crippen LogP) is 5.79. The maximum atomic E-state index is 13.3. The van der Waals surface area contributed by atoms with Crippen molar-refractivity contribution in [3.05, 3.63) is 76.2 Å². The summed E-state index contributed by atoms with van der Waals surface area (Å²) in [7, 11) is 1.44. The van der Waals surface area contributed by atoms with Crippen LogP contribution in [0.15, 0.2) is 51.5 Å². The fourth-order valence-electron chi connectivity index (χ4n) is 3.33. The molecule has 2 N–H and O–H groups in total. The zero-order chi connectivity index (χ0) is 23.0. The molecule has 0 bridgehead atoms. The molecule has 0 fully saturated rings. The highest BCUT2D eigenvalue weighted by molar-refractivity contribution is 9.10. The third kappa shape index (κ3) is 4.39. The maximum Gasteiger partial charge on any atom is 0.416 e. The zero-order valence-corrected chi connectivity index (χ0v) is 18.0. The molecule has 3 rings (SSSR count). The highest BCUT2D eigenvalue weighted by atomic mass is 79.9. The summed E-state index contributed by atoms with van der Waals surface area (Å²) in [6.45, 7) is 5.50. The number of rotatable bonds is 5. The van der Waals surface area contributed by atoms with E-state index >= 15 is 0 Å². The normalized spacial score (nSPS) is 13.5. The highest BCUT2D eigenvalue weighted by Crippen LogP contribution is 2.43. The summed E-state index contributed by atoms with van der Waals surface area (Å²) in [4.78, 5) is 11.6. The molecule has 1 unspecified atom stereocenters. The fourth-order valence-corrected chi connectivity index (χ4v) is 3.67. The Hall–Kier alpha value is -3.01. The van der Waals surface area contributed by atoms with E-state index in [4.69, 9.17) is 9.26 Å². The van der Waals surface area contributed by atoms with Crippen LogP contribution in [-0.2, 0) is 11.7 Å². The monoisotopic (exact) mass is 497 g/mol. The molecule has 0 aliphatic heterocycles. The van der Waals surface area contributed by atoms with Gasteiger partial charge in [0.2, 0.25) is 0 Å². The number of nitrogens with zero attached hydrogens (tertiary/aromatic N) is 1. The van der Waals surface area contributed by atoms with Gasteiger partial charge in [-0.05, 0) is 49.7 Å². The number of amides is 1. The number of halogens is 4. The number of methoxy groups -OCH3 is 1. The van der Waals surface area contributed by atoms with Gasteiger partial charge in [0, 0.05) is 4.47 Å². The molecule has 6 nitrogen and oxygen atoms in total. The number of aryl methyl sites for hydroxylation is 1. The van der Waals surface area contributed by atoms with Crippen LogP contribution in [0.4, 0.5) is 18.0 Å². The van der Waals surface area contributed by atoms with Gasteiger partial charge in [-0.1, -0.05) is 33.2 Å². The molecule has 10 heteroatoms. The van der Waals surface area contributed by atoms with Crippen molar-refractivity contribution in [3.8, 4) is 17.1 Å². The number of nitrogens with one attached hydrogen (secondary N) is 1. The van der Waals surface area contributed by atoms with Crippen molar-refractivity contribution in [3.63, 3.8) is 0 Å². The molecule has 31 heavy (non-hydrogen) atoms. The third-order valence-electron chi connectivity index (χ3n) is 4.70. The van der Waals surface area contributed by atoms with Gasteiger partial charge in [0.05, 0.1) is 35.0 Å². The second-order valence-corrected chi connectivity index (χ2v) is 7.65. The molecule has 0 aliphatic rings. The van der Waals surface area contributed by atoms with E-state index in [-0.39, 0.29) is 22.6 Å². The average molecular weight is 498 g/mol. The fraction of sp³-hybridized carbons (Fsp3) is 0.190. The van der Waals surface area contributed by atoms with Crippen molar-refractivity contribution in [2.75, 3.05) is 7.11 Å². The zero-order valence-electron chi connectivity index (χ0n) is 16.4. The Morgan fingerprint density at radius 2 is 1.90 bits per heavy atom. The van der Waals surface area contributed by atoms with Crippen molar-refractivity contribution >= 4 is 22.0 Å². The first kappa shape index (κ1) is 22.7. The minimum Gasteiger partial charge on any atom is -0.496 e. The molecule has 0 saturated heterocycles. The topological polar surface area (TPSA) is 84.6 Å². The number of hydrogen-bond acceptors (Lipinski definition) is 4. The number of carbonyl (C=O) groups is 1. The third-order valence-corrected chi connectivity index (χ3v) is 5.19. The van der Waals surface area contributed by atoms with Crippen molar-refractivity contribution in [1.82, 2.24) is 10.5 Å². The minimum atomic E-state index is -4.62. The van der Waals surface area contributed by atoms with Gasteiger partial charge in [-0.3, -0.25) is 0 Å². The van der Waals surface area contributed by atoms with Crippen LogP contribution in [0.2, 0.25) is 0 Å². The van der Waals surface area contributed by atoms with Crippen LogP contribution < -0.4 is 10.1 Å². The van der Waals surface area contributed by atoms with Crippen molar-refractivity contribution in [2.45, 2.75) is 18.6 Å². The van der Waals surface area contributed by atoms with Gasteiger partial charge < -0.3 is 19.7 Å². The first-order chi connectivity index (χ1) is 14.5. The Bertz CT molecular complexity index is 1130. The van der Waals surface area contributed by atoms with Gasteiger partial charge >= 0.3 is 12.3 Å². The number of hydrogen-bond donors (Lipinski definition) is 2. The molecule has 0 spiro atoms. The average Bonchev–Trinajstić information content (AvgIpc) is 3.08. The van der Waals surface area contributed by atoms with E-state index in [2.05, 4.69) is 33.3 Å². The summed E-state index contributed by atoms with van der Waals surface area (Å²) < 4.78 is 51.5. The molecule has 163 valence electrons. The van der Waals surface area contributed by atoms with Crippen LogP contribution in [0.5, 0.6) is 5.75 Å². The van der Waals surface area contributed by atoms with Crippen LogP contribution >= 0.6 is 15.9 Å². The lowest BCUT2D eigenvalue weighted by Gasteiger charge is -2.31. The van der Waals surface area contributed by atoms with E-state index in [1.165, 1.54) is 19.2 Å². The van der Waals surface area contributed by atoms with Gasteiger partial charge in [-0.25, -0.2) is 4.79 Å². The summed E-state index contributed by atoms with van der Waals surface area (Å²) >= 11 is 3.33. The molecular formula is C21H17BrF3N2O4. The lowest BCUT2D eigenvalue weighted by Crippen LogP contribution is -2.44. The number of alkyl halides is 3.